The highest BCUT2D eigenvalue weighted by atomic mass is 32.2. The molecule has 0 saturated heterocycles. The van der Waals surface area contributed by atoms with Gasteiger partial charge in [0.2, 0.25) is 0 Å². The molecular formula is C17H22N2O4S. The van der Waals surface area contributed by atoms with Crippen molar-refractivity contribution in [3.63, 3.8) is 0 Å². The number of hydrogen-bond donors (Lipinski definition) is 2. The molecule has 6 nitrogen and oxygen atoms in total. The van der Waals surface area contributed by atoms with Crippen molar-refractivity contribution in [2.24, 2.45) is 0 Å². The Morgan fingerprint density at radius 2 is 1.96 bits per heavy atom. The maximum absolute atomic E-state index is 12.3. The Balaban J connectivity index is 2.19. The Kier molecular flexibility index (Phi) is 6.54. The van der Waals surface area contributed by atoms with E-state index >= 15 is 0 Å². The number of esters is 1. The van der Waals surface area contributed by atoms with E-state index < -0.39 is 0 Å². The number of carbonyl (C=O) groups excluding carboxylic acids is 2. The van der Waals surface area contributed by atoms with Crippen molar-refractivity contribution < 1.29 is 19.1 Å². The Morgan fingerprint density at radius 3 is 2.54 bits per heavy atom. The van der Waals surface area contributed by atoms with Crippen LogP contribution in [-0.4, -0.2) is 37.5 Å². The van der Waals surface area contributed by atoms with Gasteiger partial charge in [0.1, 0.15) is 5.75 Å². The van der Waals surface area contributed by atoms with Gasteiger partial charge in [-0.2, -0.15) is 0 Å². The molecule has 2 N–H and O–H groups in total. The van der Waals surface area contributed by atoms with Crippen molar-refractivity contribution >= 4 is 23.8 Å². The van der Waals surface area contributed by atoms with E-state index in [1.165, 1.54) is 11.8 Å². The Hall–Kier alpha value is -2.15. The quantitative estimate of drug-likeness (QED) is 0.584. The van der Waals surface area contributed by atoms with Crippen molar-refractivity contribution in [1.82, 2.24) is 10.6 Å². The third-order valence-electron chi connectivity index (χ3n) is 3.59. The summed E-state index contributed by atoms with van der Waals surface area (Å²) >= 11 is 1.54. The number of benzene rings is 1. The van der Waals surface area contributed by atoms with Crippen LogP contribution in [0.5, 0.6) is 5.75 Å². The van der Waals surface area contributed by atoms with Gasteiger partial charge in [-0.15, -0.1) is 11.8 Å². The van der Waals surface area contributed by atoms with Gasteiger partial charge < -0.3 is 20.1 Å². The van der Waals surface area contributed by atoms with E-state index in [1.807, 2.05) is 31.2 Å². The summed E-state index contributed by atoms with van der Waals surface area (Å²) in [5.74, 6) is 0.874. The molecule has 1 atom stereocenters. The van der Waals surface area contributed by atoms with Gasteiger partial charge in [-0.05, 0) is 37.6 Å². The molecule has 0 bridgehead atoms. The molecule has 1 aliphatic heterocycles. The fourth-order valence-electron chi connectivity index (χ4n) is 2.40. The SMILES string of the molecule is CCOC(=O)C1=C(CSc2ccc(OC)cc2)NC(=O)N[C@H]1CC. The minimum atomic E-state index is -0.387. The molecular weight excluding hydrogens is 328 g/mol. The van der Waals surface area contributed by atoms with Crippen molar-refractivity contribution in [3.05, 3.63) is 35.5 Å². The second kappa shape index (κ2) is 8.63. The first-order valence-electron chi connectivity index (χ1n) is 7.83. The van der Waals surface area contributed by atoms with E-state index in [9.17, 15) is 9.59 Å². The molecule has 2 rings (SSSR count). The summed E-state index contributed by atoms with van der Waals surface area (Å²) in [4.78, 5) is 25.1. The van der Waals surface area contributed by atoms with Crippen LogP contribution in [0.25, 0.3) is 0 Å². The highest BCUT2D eigenvalue weighted by Gasteiger charge is 2.31. The van der Waals surface area contributed by atoms with Crippen LogP contribution in [0.3, 0.4) is 0 Å². The number of urea groups is 1. The summed E-state index contributed by atoms with van der Waals surface area (Å²) in [5, 5.41) is 5.51. The maximum Gasteiger partial charge on any atom is 0.337 e. The first-order chi connectivity index (χ1) is 11.6. The first-order valence-corrected chi connectivity index (χ1v) is 8.82. The van der Waals surface area contributed by atoms with Crippen molar-refractivity contribution in [3.8, 4) is 5.75 Å². The fourth-order valence-corrected chi connectivity index (χ4v) is 3.27. The predicted molar refractivity (Wildman–Crippen MR) is 93.1 cm³/mol. The third-order valence-corrected chi connectivity index (χ3v) is 4.63. The van der Waals surface area contributed by atoms with Crippen LogP contribution >= 0.6 is 11.8 Å². The third kappa shape index (κ3) is 4.44. The van der Waals surface area contributed by atoms with Crippen LogP contribution < -0.4 is 15.4 Å². The number of rotatable bonds is 7. The molecule has 1 heterocycles. The monoisotopic (exact) mass is 350 g/mol. The first kappa shape index (κ1) is 18.2. The second-order valence-corrected chi connectivity index (χ2v) is 6.18. The molecule has 0 radical (unpaired) electrons. The summed E-state index contributed by atoms with van der Waals surface area (Å²) in [5.41, 5.74) is 1.10. The van der Waals surface area contributed by atoms with Crippen LogP contribution in [0.2, 0.25) is 0 Å². The lowest BCUT2D eigenvalue weighted by molar-refractivity contribution is -0.139. The molecule has 0 aromatic heterocycles. The van der Waals surface area contributed by atoms with Crippen LogP contribution in [0.1, 0.15) is 20.3 Å². The van der Waals surface area contributed by atoms with E-state index in [2.05, 4.69) is 10.6 Å². The van der Waals surface area contributed by atoms with Crippen LogP contribution in [0.15, 0.2) is 40.4 Å². The summed E-state index contributed by atoms with van der Waals surface area (Å²) in [6, 6.07) is 7.00. The number of nitrogens with one attached hydrogen (secondary N) is 2. The van der Waals surface area contributed by atoms with E-state index in [1.54, 1.807) is 14.0 Å². The van der Waals surface area contributed by atoms with Crippen LogP contribution in [0, 0.1) is 0 Å². The van der Waals surface area contributed by atoms with Gasteiger partial charge in [-0.3, -0.25) is 0 Å². The number of hydrogen-bond acceptors (Lipinski definition) is 5. The summed E-state index contributed by atoms with van der Waals surface area (Å²) in [7, 11) is 1.62. The zero-order chi connectivity index (χ0) is 17.5. The van der Waals surface area contributed by atoms with Crippen LogP contribution in [0.4, 0.5) is 4.79 Å². The highest BCUT2D eigenvalue weighted by Crippen LogP contribution is 2.26. The lowest BCUT2D eigenvalue weighted by Gasteiger charge is -2.28. The lowest BCUT2D eigenvalue weighted by Crippen LogP contribution is -2.50. The van der Waals surface area contributed by atoms with Crippen molar-refractivity contribution in [1.29, 1.82) is 0 Å². The normalized spacial score (nSPS) is 17.1. The standard InChI is InChI=1S/C17H22N2O4S/c1-4-13-15(16(20)23-5-2)14(19-17(21)18-13)10-24-12-8-6-11(22-3)7-9-12/h6-9,13H,4-5,10H2,1-3H3,(H2,18,19,21)/t13-/m0/s1. The van der Waals surface area contributed by atoms with Crippen molar-refractivity contribution in [2.75, 3.05) is 19.5 Å². The molecule has 0 aliphatic carbocycles. The highest BCUT2D eigenvalue weighted by molar-refractivity contribution is 7.99. The van der Waals surface area contributed by atoms with E-state index in [0.717, 1.165) is 10.6 Å². The Labute approximate surface area is 146 Å². The topological polar surface area (TPSA) is 76.7 Å². The second-order valence-electron chi connectivity index (χ2n) is 5.14. The molecule has 1 aromatic carbocycles. The van der Waals surface area contributed by atoms with Gasteiger partial charge >= 0.3 is 12.0 Å². The average molecular weight is 350 g/mol. The minimum Gasteiger partial charge on any atom is -0.497 e. The summed E-state index contributed by atoms with van der Waals surface area (Å²) in [6.45, 7) is 3.98. The molecule has 7 heteroatoms. The van der Waals surface area contributed by atoms with Gasteiger partial charge in [0.15, 0.2) is 0 Å². The zero-order valence-corrected chi connectivity index (χ0v) is 14.9. The predicted octanol–water partition coefficient (Wildman–Crippen LogP) is 2.70. The molecule has 0 fully saturated rings. The largest absolute Gasteiger partial charge is 0.497 e. The van der Waals surface area contributed by atoms with E-state index in [0.29, 0.717) is 30.1 Å². The van der Waals surface area contributed by atoms with Crippen LogP contribution in [-0.2, 0) is 9.53 Å². The van der Waals surface area contributed by atoms with Gasteiger partial charge in [0, 0.05) is 16.3 Å². The number of ether oxygens (including phenoxy) is 2. The molecule has 2 amide bonds. The van der Waals surface area contributed by atoms with Crippen molar-refractivity contribution in [2.45, 2.75) is 31.2 Å². The van der Waals surface area contributed by atoms with Gasteiger partial charge in [0.25, 0.3) is 0 Å². The Bertz CT molecular complexity index is 628. The zero-order valence-electron chi connectivity index (χ0n) is 14.0. The molecule has 0 saturated carbocycles. The number of thioether (sulfide) groups is 1. The van der Waals surface area contributed by atoms with Gasteiger partial charge in [0.05, 0.1) is 25.3 Å². The number of amides is 2. The Morgan fingerprint density at radius 1 is 1.25 bits per heavy atom. The smallest absolute Gasteiger partial charge is 0.337 e. The summed E-state index contributed by atoms with van der Waals surface area (Å²) < 4.78 is 10.3. The van der Waals surface area contributed by atoms with Gasteiger partial charge in [-0.1, -0.05) is 6.92 Å². The molecule has 130 valence electrons. The molecule has 1 aromatic rings. The minimum absolute atomic E-state index is 0.291. The number of methoxy groups -OCH3 is 1. The average Bonchev–Trinajstić information content (AvgIpc) is 2.59. The summed E-state index contributed by atoms with van der Waals surface area (Å²) in [6.07, 6.45) is 0.623. The van der Waals surface area contributed by atoms with E-state index in [-0.39, 0.29) is 18.0 Å². The lowest BCUT2D eigenvalue weighted by atomic mass is 10.0. The van der Waals surface area contributed by atoms with Gasteiger partial charge in [-0.25, -0.2) is 9.59 Å². The molecule has 1 aliphatic rings. The fraction of sp³-hybridized carbons (Fsp3) is 0.412. The molecule has 24 heavy (non-hydrogen) atoms. The van der Waals surface area contributed by atoms with E-state index in [4.69, 9.17) is 9.47 Å². The number of carbonyl (C=O) groups is 2. The molecule has 0 unspecified atom stereocenters. The molecule has 0 spiro atoms. The maximum atomic E-state index is 12.3.